The zero-order valence-corrected chi connectivity index (χ0v) is 10.2. The highest BCUT2D eigenvalue weighted by atomic mass is 32.1. The van der Waals surface area contributed by atoms with E-state index in [0.29, 0.717) is 5.56 Å². The number of aromatic nitrogens is 2. The van der Waals surface area contributed by atoms with E-state index in [2.05, 4.69) is 4.98 Å². The highest BCUT2D eigenvalue weighted by Gasteiger charge is 2.07. The highest BCUT2D eigenvalue weighted by molar-refractivity contribution is 7.09. The number of thiazole rings is 1. The van der Waals surface area contributed by atoms with E-state index in [0.717, 1.165) is 22.3 Å². The van der Waals surface area contributed by atoms with Crippen LogP contribution >= 0.6 is 11.3 Å². The Morgan fingerprint density at radius 3 is 3.00 bits per heavy atom. The van der Waals surface area contributed by atoms with E-state index < -0.39 is 5.97 Å². The van der Waals surface area contributed by atoms with E-state index >= 15 is 0 Å². The van der Waals surface area contributed by atoms with Gasteiger partial charge in [0.1, 0.15) is 0 Å². The minimum absolute atomic E-state index is 0.312. The highest BCUT2D eigenvalue weighted by Crippen LogP contribution is 2.20. The molecule has 90 valence electrons. The fourth-order valence-electron chi connectivity index (χ4n) is 1.94. The zero-order valence-electron chi connectivity index (χ0n) is 9.41. The second kappa shape index (κ2) is 4.27. The maximum atomic E-state index is 11.0. The average Bonchev–Trinajstić information content (AvgIpc) is 2.99. The second-order valence-corrected chi connectivity index (χ2v) is 4.96. The number of benzene rings is 1. The number of carboxylic acids is 1. The number of hydrogen-bond donors (Lipinski definition) is 1. The molecule has 2 aromatic heterocycles. The van der Waals surface area contributed by atoms with Crippen LogP contribution in [0.2, 0.25) is 0 Å². The monoisotopic (exact) mass is 258 g/mol. The van der Waals surface area contributed by atoms with E-state index in [-0.39, 0.29) is 0 Å². The lowest BCUT2D eigenvalue weighted by molar-refractivity contribution is 0.0697. The van der Waals surface area contributed by atoms with Crippen molar-refractivity contribution < 1.29 is 9.90 Å². The summed E-state index contributed by atoms with van der Waals surface area (Å²) in [5.74, 6) is -0.901. The molecule has 0 amide bonds. The van der Waals surface area contributed by atoms with Crippen molar-refractivity contribution in [1.29, 1.82) is 0 Å². The van der Waals surface area contributed by atoms with Gasteiger partial charge in [-0.1, -0.05) is 6.07 Å². The lowest BCUT2D eigenvalue weighted by Gasteiger charge is -2.03. The van der Waals surface area contributed by atoms with E-state index in [9.17, 15) is 4.79 Å². The largest absolute Gasteiger partial charge is 0.478 e. The van der Waals surface area contributed by atoms with Crippen LogP contribution in [-0.4, -0.2) is 20.6 Å². The van der Waals surface area contributed by atoms with Gasteiger partial charge in [0, 0.05) is 22.8 Å². The van der Waals surface area contributed by atoms with Gasteiger partial charge >= 0.3 is 5.97 Å². The lowest BCUT2D eigenvalue weighted by Crippen LogP contribution is -1.99. The quantitative estimate of drug-likeness (QED) is 0.786. The first-order valence-electron chi connectivity index (χ1n) is 5.43. The molecule has 0 unspecified atom stereocenters. The van der Waals surface area contributed by atoms with Crippen molar-refractivity contribution in [3.8, 4) is 0 Å². The molecule has 0 saturated carbocycles. The van der Waals surface area contributed by atoms with Crippen LogP contribution in [-0.2, 0) is 6.54 Å². The molecule has 0 bridgehead atoms. The van der Waals surface area contributed by atoms with Crippen molar-refractivity contribution in [2.24, 2.45) is 0 Å². The van der Waals surface area contributed by atoms with E-state index in [4.69, 9.17) is 5.11 Å². The molecule has 1 aromatic carbocycles. The molecule has 1 N–H and O–H groups in total. The summed E-state index contributed by atoms with van der Waals surface area (Å²) in [6.45, 7) is 0.719. The summed E-state index contributed by atoms with van der Waals surface area (Å²) in [5.41, 5.74) is 3.04. The maximum Gasteiger partial charge on any atom is 0.335 e. The summed E-state index contributed by atoms with van der Waals surface area (Å²) in [5, 5.41) is 10.1. The van der Waals surface area contributed by atoms with Gasteiger partial charge in [-0.05, 0) is 23.6 Å². The minimum atomic E-state index is -0.901. The number of carbonyl (C=O) groups is 1. The van der Waals surface area contributed by atoms with Gasteiger partial charge in [0.15, 0.2) is 0 Å². The Labute approximate surface area is 107 Å². The Balaban J connectivity index is 2.06. The third kappa shape index (κ3) is 1.89. The SMILES string of the molecule is O=C(O)c1ccc2ccn(Cc3cncs3)c2c1. The van der Waals surface area contributed by atoms with Crippen LogP contribution in [0, 0.1) is 0 Å². The Morgan fingerprint density at radius 2 is 2.28 bits per heavy atom. The number of carboxylic acid groups (broad SMARTS) is 1. The molecule has 5 heteroatoms. The van der Waals surface area contributed by atoms with Gasteiger partial charge in [0.05, 0.1) is 17.6 Å². The van der Waals surface area contributed by atoms with Crippen LogP contribution in [0.25, 0.3) is 10.9 Å². The first kappa shape index (κ1) is 11.0. The van der Waals surface area contributed by atoms with Crippen molar-refractivity contribution >= 4 is 28.2 Å². The van der Waals surface area contributed by atoms with Crippen LogP contribution in [0.5, 0.6) is 0 Å². The van der Waals surface area contributed by atoms with Gasteiger partial charge in [-0.15, -0.1) is 11.3 Å². The molecule has 4 nitrogen and oxygen atoms in total. The Hall–Kier alpha value is -2.14. The van der Waals surface area contributed by atoms with Crippen LogP contribution in [0.3, 0.4) is 0 Å². The minimum Gasteiger partial charge on any atom is -0.478 e. The Morgan fingerprint density at radius 1 is 1.39 bits per heavy atom. The van der Waals surface area contributed by atoms with Crippen LogP contribution in [0.4, 0.5) is 0 Å². The Bertz CT molecular complexity index is 701. The fraction of sp³-hybridized carbons (Fsp3) is 0.0769. The van der Waals surface area contributed by atoms with Crippen LogP contribution in [0.1, 0.15) is 15.2 Å². The van der Waals surface area contributed by atoms with Gasteiger partial charge in [-0.25, -0.2) is 4.79 Å². The number of hydrogen-bond acceptors (Lipinski definition) is 3. The molecule has 3 rings (SSSR count). The van der Waals surface area contributed by atoms with Crippen molar-refractivity contribution in [1.82, 2.24) is 9.55 Å². The van der Waals surface area contributed by atoms with Gasteiger partial charge < -0.3 is 9.67 Å². The number of fused-ring (bicyclic) bond motifs is 1. The summed E-state index contributed by atoms with van der Waals surface area (Å²) in [4.78, 5) is 16.2. The topological polar surface area (TPSA) is 55.1 Å². The molecule has 0 saturated heterocycles. The van der Waals surface area contributed by atoms with Gasteiger partial charge in [0.25, 0.3) is 0 Å². The van der Waals surface area contributed by atoms with Crippen molar-refractivity contribution in [3.63, 3.8) is 0 Å². The molecule has 3 aromatic rings. The molecule has 0 radical (unpaired) electrons. The van der Waals surface area contributed by atoms with Crippen molar-refractivity contribution in [2.45, 2.75) is 6.54 Å². The normalized spacial score (nSPS) is 10.9. The molecule has 0 atom stereocenters. The first-order chi connectivity index (χ1) is 8.74. The lowest BCUT2D eigenvalue weighted by atomic mass is 10.1. The van der Waals surface area contributed by atoms with Gasteiger partial charge in [-0.3, -0.25) is 4.98 Å². The molecule has 0 aliphatic heterocycles. The molecule has 0 spiro atoms. The zero-order chi connectivity index (χ0) is 12.5. The predicted molar refractivity (Wildman–Crippen MR) is 70.1 cm³/mol. The molecule has 0 aliphatic rings. The molecule has 0 fully saturated rings. The summed E-state index contributed by atoms with van der Waals surface area (Å²) in [7, 11) is 0. The molecular weight excluding hydrogens is 248 g/mol. The summed E-state index contributed by atoms with van der Waals surface area (Å²) in [6.07, 6.45) is 3.80. The molecular formula is C13H10N2O2S. The van der Waals surface area contributed by atoms with Crippen LogP contribution in [0.15, 0.2) is 42.2 Å². The Kier molecular flexibility index (Phi) is 2.60. The molecule has 2 heterocycles. The number of aromatic carboxylic acids is 1. The average molecular weight is 258 g/mol. The van der Waals surface area contributed by atoms with E-state index in [1.165, 1.54) is 0 Å². The van der Waals surface area contributed by atoms with Gasteiger partial charge in [0.2, 0.25) is 0 Å². The van der Waals surface area contributed by atoms with Gasteiger partial charge in [-0.2, -0.15) is 0 Å². The van der Waals surface area contributed by atoms with E-state index in [1.807, 2.05) is 29.1 Å². The fourth-order valence-corrected chi connectivity index (χ4v) is 2.54. The smallest absolute Gasteiger partial charge is 0.335 e. The first-order valence-corrected chi connectivity index (χ1v) is 6.31. The third-order valence-corrected chi connectivity index (χ3v) is 3.59. The summed E-state index contributed by atoms with van der Waals surface area (Å²) >= 11 is 1.59. The van der Waals surface area contributed by atoms with Crippen LogP contribution < -0.4 is 0 Å². The second-order valence-electron chi connectivity index (χ2n) is 3.99. The molecule has 18 heavy (non-hydrogen) atoms. The summed E-state index contributed by atoms with van der Waals surface area (Å²) in [6, 6.07) is 7.16. The van der Waals surface area contributed by atoms with Crippen molar-refractivity contribution in [3.05, 3.63) is 52.6 Å². The summed E-state index contributed by atoms with van der Waals surface area (Å²) < 4.78 is 2.04. The van der Waals surface area contributed by atoms with E-state index in [1.54, 1.807) is 29.0 Å². The number of rotatable bonds is 3. The number of nitrogens with zero attached hydrogens (tertiary/aromatic N) is 2. The predicted octanol–water partition coefficient (Wildman–Crippen LogP) is 2.84. The standard InChI is InChI=1S/C13H10N2O2S/c16-13(17)10-2-1-9-3-4-15(12(9)5-10)7-11-6-14-8-18-11/h1-6,8H,7H2,(H,16,17). The maximum absolute atomic E-state index is 11.0. The van der Waals surface area contributed by atoms with Crippen molar-refractivity contribution in [2.75, 3.05) is 0 Å². The third-order valence-electron chi connectivity index (χ3n) is 2.83. The molecule has 0 aliphatic carbocycles.